The van der Waals surface area contributed by atoms with Crippen LogP contribution < -0.4 is 58.7 Å². The van der Waals surface area contributed by atoms with Gasteiger partial charge in [-0.25, -0.2) is 0 Å². The Morgan fingerprint density at radius 2 is 0.273 bits per heavy atom. The third-order valence-corrected chi connectivity index (χ3v) is 0. The van der Waals surface area contributed by atoms with Gasteiger partial charge in [0.2, 0.25) is 0 Å². The fraction of sp³-hybridized carbons (Fsp3) is 0. The van der Waals surface area contributed by atoms with E-state index in [0.29, 0.717) is 0 Å². The molecule has 0 fully saturated rings. The summed E-state index contributed by atoms with van der Waals surface area (Å²) in [6, 6.07) is 0. The number of hydrogen-bond acceptors (Lipinski definition) is 12. The Balaban J connectivity index is -0.00000001000. The predicted octanol–water partition coefficient (Wildman–Crippen LogP) is -10.8. The summed E-state index contributed by atoms with van der Waals surface area (Å²) in [7, 11) is -13.5. The van der Waals surface area contributed by atoms with Gasteiger partial charge in [0.1, 0.15) is 0 Å². The van der Waals surface area contributed by atoms with Crippen LogP contribution >= 0.6 is 34.4 Å². The minimum atomic E-state index is -3.37. The molecule has 0 unspecified atom stereocenters. The Morgan fingerprint density at radius 1 is 0.273 bits per heavy atom. The molecule has 22 heavy (non-hydrogen) atoms. The van der Waals surface area contributed by atoms with E-state index >= 15 is 0 Å². The maximum atomic E-state index is 8.48. The van der Waals surface area contributed by atoms with Crippen LogP contribution in [0.1, 0.15) is 0 Å². The van der Waals surface area contributed by atoms with E-state index in [1.54, 1.807) is 0 Å². The van der Waals surface area contributed by atoms with Gasteiger partial charge in [-0.1, -0.05) is 0 Å². The van der Waals surface area contributed by atoms with Gasteiger partial charge in [-0.15, -0.1) is 0 Å². The number of rotatable bonds is 0. The number of hydrogen-bond donors (Lipinski definition) is 0. The van der Waals surface area contributed by atoms with Crippen LogP contribution in [0.5, 0.6) is 0 Å². The van der Waals surface area contributed by atoms with Gasteiger partial charge in [0, 0.05) is 0 Å². The normalized spacial score (nSPS) is 6.55. The molecule has 0 aromatic rings. The van der Waals surface area contributed by atoms with E-state index < -0.39 is 34.4 Å². The summed E-state index contributed by atoms with van der Waals surface area (Å²) < 4.78 is 0. The standard InChI is InChI=1S/3Ni.4O3P.3Zn/c;;;4*1-4(2)3;;;/q3*+2;4*-3;3*+2. The monoisotopic (exact) mass is 681 g/mol. The van der Waals surface area contributed by atoms with Crippen LogP contribution in [0, 0.1) is 0 Å². The van der Waals surface area contributed by atoms with Gasteiger partial charge in [-0.05, 0) is 0 Å². The van der Waals surface area contributed by atoms with E-state index in [2.05, 4.69) is 0 Å². The first-order chi connectivity index (χ1) is 6.93. The molecular weight excluding hydrogens is 688 g/mol. The molecular formula is Ni3O12P4Zn3. The largest absolute Gasteiger partial charge is 2.00 e. The zero-order valence-electron chi connectivity index (χ0n) is 9.76. The summed E-state index contributed by atoms with van der Waals surface area (Å²) in [6.07, 6.45) is 0. The van der Waals surface area contributed by atoms with E-state index in [1.165, 1.54) is 0 Å². The Bertz CT molecular complexity index is 80.6. The van der Waals surface area contributed by atoms with Crippen molar-refractivity contribution in [2.45, 2.75) is 0 Å². The molecule has 0 saturated carbocycles. The van der Waals surface area contributed by atoms with E-state index in [-0.39, 0.29) is 108 Å². The van der Waals surface area contributed by atoms with Crippen LogP contribution in [0.3, 0.4) is 0 Å². The topological polar surface area (TPSA) is 277 Å². The molecule has 0 radical (unpaired) electrons. The molecule has 0 aliphatic carbocycles. The first-order valence-electron chi connectivity index (χ1n) is 2.19. The van der Waals surface area contributed by atoms with Crippen molar-refractivity contribution in [3.05, 3.63) is 0 Å². The van der Waals surface area contributed by atoms with Gasteiger partial charge in [-0.2, -0.15) is 0 Å². The van der Waals surface area contributed by atoms with Gasteiger partial charge >= 0.3 is 108 Å². The van der Waals surface area contributed by atoms with Crippen molar-refractivity contribution in [1.82, 2.24) is 0 Å². The van der Waals surface area contributed by atoms with Crippen LogP contribution in [-0.2, 0) is 108 Å². The summed E-state index contributed by atoms with van der Waals surface area (Å²) >= 11 is 0. The van der Waals surface area contributed by atoms with Crippen molar-refractivity contribution in [2.24, 2.45) is 0 Å². The average Bonchev–Trinajstić information content (AvgIpc) is 1.76. The van der Waals surface area contributed by atoms with Crippen LogP contribution in [-0.4, -0.2) is 0 Å². The van der Waals surface area contributed by atoms with Crippen molar-refractivity contribution in [1.29, 1.82) is 0 Å². The SMILES string of the molecule is [Ni+2].[Ni+2].[Ni+2].[O-]P([O-])[O-].[O-]P([O-])[O-].[O-]P([O-])[O-].[O-]P([O-])[O-].[Zn+2].[Zn+2].[Zn+2]. The van der Waals surface area contributed by atoms with Crippen LogP contribution in [0.4, 0.5) is 0 Å². The van der Waals surface area contributed by atoms with E-state index in [4.69, 9.17) is 58.7 Å². The minimum absolute atomic E-state index is 0. The van der Waals surface area contributed by atoms with Crippen molar-refractivity contribution in [2.75, 3.05) is 0 Å². The molecule has 128 valence electrons. The maximum Gasteiger partial charge on any atom is 2.00 e. The fourth-order valence-corrected chi connectivity index (χ4v) is 0. The second-order valence-corrected chi connectivity index (χ2v) is 2.68. The van der Waals surface area contributed by atoms with Gasteiger partial charge < -0.3 is 93.1 Å². The Morgan fingerprint density at radius 3 is 0.273 bits per heavy atom. The molecule has 0 spiro atoms. The van der Waals surface area contributed by atoms with Crippen molar-refractivity contribution in [3.63, 3.8) is 0 Å². The van der Waals surface area contributed by atoms with Gasteiger partial charge in [0.15, 0.2) is 0 Å². The summed E-state index contributed by atoms with van der Waals surface area (Å²) in [4.78, 5) is 102. The molecule has 12 nitrogen and oxygen atoms in total. The second-order valence-electron chi connectivity index (χ2n) is 0.894. The summed E-state index contributed by atoms with van der Waals surface area (Å²) in [5.41, 5.74) is 0. The smallest absolute Gasteiger partial charge is 0.854 e. The van der Waals surface area contributed by atoms with Gasteiger partial charge in [0.25, 0.3) is 0 Å². The third kappa shape index (κ3) is 649. The molecule has 0 aliphatic heterocycles. The molecule has 0 rings (SSSR count). The minimum Gasteiger partial charge on any atom is -0.854 e. The molecule has 0 aromatic heterocycles. The maximum absolute atomic E-state index is 8.48. The first-order valence-corrected chi connectivity index (χ1v) is 6.57. The van der Waals surface area contributed by atoms with Crippen molar-refractivity contribution in [3.8, 4) is 0 Å². The molecule has 0 aliphatic rings. The quantitative estimate of drug-likeness (QED) is 0.170. The molecule has 0 aromatic carbocycles. The summed E-state index contributed by atoms with van der Waals surface area (Å²) in [5, 5.41) is 0. The van der Waals surface area contributed by atoms with Gasteiger partial charge in [0.05, 0.1) is 0 Å². The van der Waals surface area contributed by atoms with Gasteiger partial charge in [-0.3, -0.25) is 0 Å². The fourth-order valence-electron chi connectivity index (χ4n) is 0. The van der Waals surface area contributed by atoms with E-state index in [0.717, 1.165) is 0 Å². The Kier molecular flexibility index (Phi) is 162. The Hall–Kier alpha value is 4.59. The third-order valence-electron chi connectivity index (χ3n) is 0. The predicted molar refractivity (Wildman–Crippen MR) is 27.7 cm³/mol. The molecule has 0 bridgehead atoms. The molecule has 0 saturated heterocycles. The molecule has 0 heterocycles. The molecule has 0 N–H and O–H groups in total. The molecule has 22 heteroatoms. The Labute approximate surface area is 199 Å². The van der Waals surface area contributed by atoms with E-state index in [9.17, 15) is 0 Å². The molecule has 0 amide bonds. The first kappa shape index (κ1) is 63.3. The summed E-state index contributed by atoms with van der Waals surface area (Å²) in [6.45, 7) is 0. The zero-order valence-corrected chi connectivity index (χ0v) is 25.2. The molecule has 0 atom stereocenters. The average molecular weight is 688 g/mol. The second kappa shape index (κ2) is 56.2. The van der Waals surface area contributed by atoms with Crippen molar-refractivity contribution < 1.29 is 167 Å². The van der Waals surface area contributed by atoms with E-state index in [1.807, 2.05) is 0 Å². The van der Waals surface area contributed by atoms with Crippen LogP contribution in [0.2, 0.25) is 0 Å². The van der Waals surface area contributed by atoms with Crippen LogP contribution in [0.15, 0.2) is 0 Å². The van der Waals surface area contributed by atoms with Crippen LogP contribution in [0.25, 0.3) is 0 Å². The summed E-state index contributed by atoms with van der Waals surface area (Å²) in [5.74, 6) is 0. The zero-order chi connectivity index (χ0) is 14.3. The van der Waals surface area contributed by atoms with Crippen molar-refractivity contribution >= 4 is 34.4 Å².